The van der Waals surface area contributed by atoms with Gasteiger partial charge in [-0.25, -0.2) is 4.79 Å². The van der Waals surface area contributed by atoms with Crippen molar-refractivity contribution in [1.82, 2.24) is 0 Å². The molecule has 34 heavy (non-hydrogen) atoms. The third-order valence-electron chi connectivity index (χ3n) is 7.03. The van der Waals surface area contributed by atoms with Crippen LogP contribution in [0, 0.1) is 29.1 Å². The molecule has 2 N–H and O–H groups in total. The number of esters is 1. The lowest BCUT2D eigenvalue weighted by Crippen LogP contribution is -2.37. The summed E-state index contributed by atoms with van der Waals surface area (Å²) in [5.74, 6) is 0.387. The van der Waals surface area contributed by atoms with Crippen LogP contribution in [0.25, 0.3) is 5.76 Å². The first kappa shape index (κ1) is 23.6. The summed E-state index contributed by atoms with van der Waals surface area (Å²) in [5, 5.41) is 10.2. The summed E-state index contributed by atoms with van der Waals surface area (Å²) in [6.45, 7) is 6.55. The van der Waals surface area contributed by atoms with Gasteiger partial charge in [0.2, 0.25) is 5.88 Å². The minimum Gasteiger partial charge on any atom is -0.459 e. The van der Waals surface area contributed by atoms with Gasteiger partial charge in [0.15, 0.2) is 5.76 Å². The fraction of sp³-hybridized carbons (Fsp3) is 0.379. The van der Waals surface area contributed by atoms with E-state index < -0.39 is 11.9 Å². The van der Waals surface area contributed by atoms with Crippen LogP contribution in [0.4, 0.5) is 0 Å². The zero-order valence-electron chi connectivity index (χ0n) is 20.0. The molecule has 1 heterocycles. The van der Waals surface area contributed by atoms with Crippen molar-refractivity contribution in [3.8, 4) is 6.07 Å². The molecule has 4 atom stereocenters. The number of rotatable bonds is 5. The molecule has 0 amide bonds. The van der Waals surface area contributed by atoms with Crippen molar-refractivity contribution in [2.45, 2.75) is 52.1 Å². The van der Waals surface area contributed by atoms with Crippen molar-refractivity contribution in [2.75, 3.05) is 0 Å². The molecule has 2 aromatic rings. The van der Waals surface area contributed by atoms with Crippen molar-refractivity contribution in [2.24, 2.45) is 23.5 Å². The number of nitriles is 1. The van der Waals surface area contributed by atoms with E-state index in [-0.39, 0.29) is 17.6 Å². The van der Waals surface area contributed by atoms with Crippen molar-refractivity contribution in [3.63, 3.8) is 0 Å². The van der Waals surface area contributed by atoms with Crippen LogP contribution in [-0.2, 0) is 14.3 Å². The maximum Gasteiger partial charge on any atom is 0.340 e. The van der Waals surface area contributed by atoms with E-state index >= 15 is 0 Å². The van der Waals surface area contributed by atoms with Gasteiger partial charge in [-0.05, 0) is 36.2 Å². The van der Waals surface area contributed by atoms with Crippen molar-refractivity contribution >= 4 is 11.7 Å². The highest BCUT2D eigenvalue weighted by molar-refractivity contribution is 5.94. The van der Waals surface area contributed by atoms with Gasteiger partial charge in [0.1, 0.15) is 11.7 Å². The zero-order chi connectivity index (χ0) is 24.2. The molecule has 4 rings (SSSR count). The van der Waals surface area contributed by atoms with E-state index in [1.807, 2.05) is 60.7 Å². The van der Waals surface area contributed by atoms with E-state index in [0.717, 1.165) is 30.4 Å². The van der Waals surface area contributed by atoms with Crippen LogP contribution in [0.1, 0.15) is 57.1 Å². The summed E-state index contributed by atoms with van der Waals surface area (Å²) in [6, 6.07) is 21.1. The van der Waals surface area contributed by atoms with Crippen LogP contribution in [-0.4, -0.2) is 12.1 Å². The normalized spacial score (nSPS) is 25.0. The van der Waals surface area contributed by atoms with Gasteiger partial charge < -0.3 is 15.2 Å². The van der Waals surface area contributed by atoms with E-state index in [9.17, 15) is 10.1 Å². The third-order valence-corrected chi connectivity index (χ3v) is 7.03. The van der Waals surface area contributed by atoms with E-state index in [1.54, 1.807) is 0 Å². The molecule has 5 heteroatoms. The first-order chi connectivity index (χ1) is 16.4. The summed E-state index contributed by atoms with van der Waals surface area (Å²) in [5.41, 5.74) is 8.46. The predicted molar refractivity (Wildman–Crippen MR) is 132 cm³/mol. The topological polar surface area (TPSA) is 85.3 Å². The van der Waals surface area contributed by atoms with E-state index in [4.69, 9.17) is 15.2 Å². The Kier molecular flexibility index (Phi) is 7.07. The third kappa shape index (κ3) is 4.72. The Morgan fingerprint density at radius 1 is 1.09 bits per heavy atom. The molecule has 0 aromatic heterocycles. The van der Waals surface area contributed by atoms with Gasteiger partial charge in [-0.15, -0.1) is 0 Å². The number of nitrogens with zero attached hydrogens (tertiary/aromatic N) is 1. The number of carbonyl (C=O) groups is 1. The van der Waals surface area contributed by atoms with Gasteiger partial charge in [0, 0.05) is 5.56 Å². The second-order valence-electron chi connectivity index (χ2n) is 9.71. The number of allylic oxidation sites excluding steroid dienone is 1. The maximum atomic E-state index is 13.7. The molecule has 5 nitrogen and oxygen atoms in total. The molecule has 1 aliphatic carbocycles. The molecule has 0 spiro atoms. The molecule has 1 saturated carbocycles. The number of carbonyl (C=O) groups excluding carboxylic acids is 1. The molecular formula is C29H32N2O3. The first-order valence-electron chi connectivity index (χ1n) is 12.0. The summed E-state index contributed by atoms with van der Waals surface area (Å²) >= 11 is 0. The number of benzene rings is 2. The molecule has 176 valence electrons. The Hall–Kier alpha value is -3.52. The summed E-state index contributed by atoms with van der Waals surface area (Å²) in [4.78, 5) is 13.7. The largest absolute Gasteiger partial charge is 0.459 e. The monoisotopic (exact) mass is 456 g/mol. The fourth-order valence-corrected chi connectivity index (χ4v) is 5.21. The van der Waals surface area contributed by atoms with Crippen molar-refractivity contribution < 1.29 is 14.3 Å². The summed E-state index contributed by atoms with van der Waals surface area (Å²) < 4.78 is 12.1. The molecule has 2 aromatic carbocycles. The van der Waals surface area contributed by atoms with Crippen LogP contribution in [0.2, 0.25) is 0 Å². The standard InChI is InChI=1S/C29H32N2O3/c1-18(2)22-15-14-19(3)16-24(22)33-29(32)26-25(20-10-6-4-7-11-20)23(17-30)27(34-28(26)31)21-12-8-5-9-13-21/h4-13,18-19,22,24-25H,14-16,31H2,1-3H3/t19-,22+,24-,25?/m0/s1. The second-order valence-corrected chi connectivity index (χ2v) is 9.71. The Morgan fingerprint density at radius 2 is 1.74 bits per heavy atom. The minimum atomic E-state index is -0.666. The van der Waals surface area contributed by atoms with Gasteiger partial charge >= 0.3 is 5.97 Å². The molecule has 0 saturated heterocycles. The zero-order valence-corrected chi connectivity index (χ0v) is 20.0. The highest BCUT2D eigenvalue weighted by atomic mass is 16.5. The SMILES string of the molecule is CC(C)[C@H]1CC[C@H](C)C[C@@H]1OC(=O)C1=C(N)OC(c2ccccc2)=C(C#N)C1c1ccccc1. The Balaban J connectivity index is 1.75. The van der Waals surface area contributed by atoms with Gasteiger partial charge in [-0.3, -0.25) is 0 Å². The minimum absolute atomic E-state index is 0.0124. The molecule has 0 bridgehead atoms. The van der Waals surface area contributed by atoms with Crippen LogP contribution >= 0.6 is 0 Å². The van der Waals surface area contributed by atoms with Crippen LogP contribution < -0.4 is 5.73 Å². The highest BCUT2D eigenvalue weighted by Gasteiger charge is 2.40. The lowest BCUT2D eigenvalue weighted by atomic mass is 9.75. The smallest absolute Gasteiger partial charge is 0.340 e. The summed E-state index contributed by atoms with van der Waals surface area (Å²) in [6.07, 6.45) is 2.82. The lowest BCUT2D eigenvalue weighted by molar-refractivity contribution is -0.151. The maximum absolute atomic E-state index is 13.7. The Bertz CT molecular complexity index is 1130. The van der Waals surface area contributed by atoms with Gasteiger partial charge in [-0.2, -0.15) is 5.26 Å². The summed E-state index contributed by atoms with van der Waals surface area (Å²) in [7, 11) is 0. The average molecular weight is 457 g/mol. The Labute approximate surface area is 201 Å². The van der Waals surface area contributed by atoms with Gasteiger partial charge in [0.25, 0.3) is 0 Å². The highest BCUT2D eigenvalue weighted by Crippen LogP contribution is 2.43. The molecule has 2 aliphatic rings. The number of nitrogens with two attached hydrogens (primary N) is 1. The molecule has 0 radical (unpaired) electrons. The van der Waals surface area contributed by atoms with Crippen molar-refractivity contribution in [3.05, 3.63) is 88.8 Å². The van der Waals surface area contributed by atoms with Gasteiger partial charge in [-0.1, -0.05) is 87.9 Å². The number of ether oxygens (including phenoxy) is 2. The molecular weight excluding hydrogens is 424 g/mol. The van der Waals surface area contributed by atoms with E-state index in [0.29, 0.717) is 29.1 Å². The first-order valence-corrected chi connectivity index (χ1v) is 12.0. The van der Waals surface area contributed by atoms with E-state index in [1.165, 1.54) is 0 Å². The number of hydrogen-bond donors (Lipinski definition) is 1. The Morgan fingerprint density at radius 3 is 2.35 bits per heavy atom. The molecule has 1 unspecified atom stereocenters. The number of hydrogen-bond acceptors (Lipinski definition) is 5. The lowest BCUT2D eigenvalue weighted by Gasteiger charge is -2.37. The van der Waals surface area contributed by atoms with Crippen molar-refractivity contribution in [1.29, 1.82) is 5.26 Å². The second kappa shape index (κ2) is 10.2. The van der Waals surface area contributed by atoms with Gasteiger partial charge in [0.05, 0.1) is 17.6 Å². The van der Waals surface area contributed by atoms with Crippen LogP contribution in [0.15, 0.2) is 77.7 Å². The predicted octanol–water partition coefficient (Wildman–Crippen LogP) is 5.91. The van der Waals surface area contributed by atoms with Crippen LogP contribution in [0.5, 0.6) is 0 Å². The van der Waals surface area contributed by atoms with E-state index in [2.05, 4.69) is 26.8 Å². The quantitative estimate of drug-likeness (QED) is 0.565. The molecule has 1 aliphatic heterocycles. The average Bonchev–Trinajstić information content (AvgIpc) is 2.84. The molecule has 1 fully saturated rings. The van der Waals surface area contributed by atoms with Crippen LogP contribution in [0.3, 0.4) is 0 Å². The fourth-order valence-electron chi connectivity index (χ4n) is 5.21.